The number of hydrogen-bond donors (Lipinski definition) is 1. The summed E-state index contributed by atoms with van der Waals surface area (Å²) in [5, 5.41) is 0. The van der Waals surface area contributed by atoms with Gasteiger partial charge in [0, 0.05) is 43.3 Å². The second-order valence-corrected chi connectivity index (χ2v) is 6.07. The number of halogens is 1. The van der Waals surface area contributed by atoms with E-state index in [9.17, 15) is 4.39 Å². The Morgan fingerprint density at radius 3 is 2.05 bits per heavy atom. The number of rotatable bonds is 2. The first-order chi connectivity index (χ1) is 10.5. The summed E-state index contributed by atoms with van der Waals surface area (Å²) >= 11 is 0. The molecule has 0 bridgehead atoms. The Balaban J connectivity index is 0.000000561. The van der Waals surface area contributed by atoms with Crippen molar-refractivity contribution in [3.05, 3.63) is 24.0 Å². The molecule has 0 radical (unpaired) electrons. The van der Waals surface area contributed by atoms with Crippen molar-refractivity contribution in [2.45, 2.75) is 47.6 Å². The first-order valence-corrected chi connectivity index (χ1v) is 8.53. The van der Waals surface area contributed by atoms with Crippen LogP contribution in [0.2, 0.25) is 0 Å². The molecule has 1 spiro atoms. The maximum atomic E-state index is 13.8. The van der Waals surface area contributed by atoms with Gasteiger partial charge in [-0.2, -0.15) is 0 Å². The van der Waals surface area contributed by atoms with Gasteiger partial charge in [0.2, 0.25) is 0 Å². The van der Waals surface area contributed by atoms with E-state index < -0.39 is 0 Å². The zero-order valence-corrected chi connectivity index (χ0v) is 15.0. The first kappa shape index (κ1) is 18.8. The monoisotopic (exact) mass is 309 g/mol. The molecule has 0 atom stereocenters. The third kappa shape index (κ3) is 3.72. The molecule has 2 fully saturated rings. The van der Waals surface area contributed by atoms with Gasteiger partial charge in [-0.1, -0.05) is 27.7 Å². The highest BCUT2D eigenvalue weighted by Crippen LogP contribution is 2.43. The Morgan fingerprint density at radius 1 is 1.05 bits per heavy atom. The predicted molar refractivity (Wildman–Crippen MR) is 94.9 cm³/mol. The van der Waals surface area contributed by atoms with Crippen LogP contribution in [-0.4, -0.2) is 37.1 Å². The normalized spacial score (nSPS) is 18.6. The standard InChI is InChI=1S/C14H20FN3.2C2H6/c1-10(2)17-6-14(7-17)8-18(9-14)13-4-3-11(16)5-12(13)15;2*1-2/h3-5,10H,6-9,16H2,1-2H3;2*1-2H3. The molecule has 0 aliphatic carbocycles. The van der Waals surface area contributed by atoms with Gasteiger partial charge in [0.05, 0.1) is 5.69 Å². The molecule has 2 saturated heterocycles. The van der Waals surface area contributed by atoms with Crippen LogP contribution in [-0.2, 0) is 0 Å². The van der Waals surface area contributed by atoms with E-state index in [0.717, 1.165) is 26.2 Å². The number of anilines is 2. The van der Waals surface area contributed by atoms with Crippen molar-refractivity contribution in [1.29, 1.82) is 0 Å². The van der Waals surface area contributed by atoms with E-state index >= 15 is 0 Å². The molecule has 3 rings (SSSR count). The molecule has 0 unspecified atom stereocenters. The van der Waals surface area contributed by atoms with E-state index in [1.165, 1.54) is 6.07 Å². The van der Waals surface area contributed by atoms with Gasteiger partial charge in [-0.3, -0.25) is 4.90 Å². The first-order valence-electron chi connectivity index (χ1n) is 8.53. The van der Waals surface area contributed by atoms with Crippen LogP contribution in [0.1, 0.15) is 41.5 Å². The average Bonchev–Trinajstić information content (AvgIpc) is 2.42. The number of likely N-dealkylation sites (tertiary alicyclic amines) is 1. The van der Waals surface area contributed by atoms with Gasteiger partial charge in [0.15, 0.2) is 0 Å². The highest BCUT2D eigenvalue weighted by Gasteiger charge is 2.52. The molecule has 1 aromatic rings. The van der Waals surface area contributed by atoms with E-state index in [0.29, 0.717) is 22.8 Å². The summed E-state index contributed by atoms with van der Waals surface area (Å²) in [7, 11) is 0. The molecule has 2 aliphatic heterocycles. The van der Waals surface area contributed by atoms with E-state index in [-0.39, 0.29) is 5.82 Å². The molecule has 0 saturated carbocycles. The summed E-state index contributed by atoms with van der Waals surface area (Å²) in [4.78, 5) is 4.59. The third-order valence-corrected chi connectivity index (χ3v) is 4.17. The zero-order chi connectivity index (χ0) is 16.9. The Labute approximate surface area is 135 Å². The lowest BCUT2D eigenvalue weighted by Crippen LogP contribution is -2.73. The number of benzene rings is 1. The van der Waals surface area contributed by atoms with Crippen LogP contribution in [0.3, 0.4) is 0 Å². The number of hydrogen-bond acceptors (Lipinski definition) is 3. The van der Waals surface area contributed by atoms with Crippen molar-refractivity contribution in [3.8, 4) is 0 Å². The Hall–Kier alpha value is -1.29. The molecule has 0 amide bonds. The highest BCUT2D eigenvalue weighted by molar-refractivity contribution is 5.57. The van der Waals surface area contributed by atoms with Crippen molar-refractivity contribution in [3.63, 3.8) is 0 Å². The van der Waals surface area contributed by atoms with E-state index in [4.69, 9.17) is 5.73 Å². The van der Waals surface area contributed by atoms with Crippen LogP contribution in [0, 0.1) is 11.2 Å². The minimum Gasteiger partial charge on any atom is -0.399 e. The second-order valence-electron chi connectivity index (χ2n) is 6.07. The molecule has 0 aromatic heterocycles. The van der Waals surface area contributed by atoms with Crippen LogP contribution in [0.5, 0.6) is 0 Å². The molecule has 2 heterocycles. The minimum atomic E-state index is -0.204. The van der Waals surface area contributed by atoms with Crippen LogP contribution in [0.25, 0.3) is 0 Å². The van der Waals surface area contributed by atoms with Crippen LogP contribution < -0.4 is 10.6 Å². The summed E-state index contributed by atoms with van der Waals surface area (Å²) in [6, 6.07) is 5.58. The van der Waals surface area contributed by atoms with E-state index in [1.54, 1.807) is 12.1 Å². The zero-order valence-electron chi connectivity index (χ0n) is 15.0. The molecule has 22 heavy (non-hydrogen) atoms. The summed E-state index contributed by atoms with van der Waals surface area (Å²) in [6.07, 6.45) is 0. The van der Waals surface area contributed by atoms with Crippen LogP contribution in [0.4, 0.5) is 15.8 Å². The topological polar surface area (TPSA) is 32.5 Å². The van der Waals surface area contributed by atoms with Crippen molar-refractivity contribution in [2.75, 3.05) is 36.8 Å². The van der Waals surface area contributed by atoms with Gasteiger partial charge in [0.25, 0.3) is 0 Å². The SMILES string of the molecule is CC.CC.CC(C)N1CC2(CN(c3ccc(N)cc3F)C2)C1. The van der Waals surface area contributed by atoms with Crippen molar-refractivity contribution < 1.29 is 4.39 Å². The largest absolute Gasteiger partial charge is 0.399 e. The van der Waals surface area contributed by atoms with Crippen molar-refractivity contribution >= 4 is 11.4 Å². The predicted octanol–water partition coefficient (Wildman–Crippen LogP) is 3.99. The van der Waals surface area contributed by atoms with Gasteiger partial charge in [-0.25, -0.2) is 4.39 Å². The molecule has 2 aliphatic rings. The minimum absolute atomic E-state index is 0.204. The Bertz CT molecular complexity index is 459. The summed E-state index contributed by atoms with van der Waals surface area (Å²) < 4.78 is 13.8. The average molecular weight is 309 g/mol. The molecule has 2 N–H and O–H groups in total. The maximum Gasteiger partial charge on any atom is 0.148 e. The molecule has 1 aromatic carbocycles. The van der Waals surface area contributed by atoms with Crippen LogP contribution >= 0.6 is 0 Å². The van der Waals surface area contributed by atoms with E-state index in [2.05, 4.69) is 23.6 Å². The second kappa shape index (κ2) is 7.82. The Kier molecular flexibility index (Phi) is 6.66. The van der Waals surface area contributed by atoms with Gasteiger partial charge in [0.1, 0.15) is 5.82 Å². The number of nitrogen functional groups attached to an aromatic ring is 1. The highest BCUT2D eigenvalue weighted by atomic mass is 19.1. The van der Waals surface area contributed by atoms with Crippen molar-refractivity contribution in [1.82, 2.24) is 4.90 Å². The molecule has 3 nitrogen and oxygen atoms in total. The maximum absolute atomic E-state index is 13.8. The molecular weight excluding hydrogens is 277 g/mol. The van der Waals surface area contributed by atoms with Gasteiger partial charge in [-0.05, 0) is 32.0 Å². The van der Waals surface area contributed by atoms with Crippen LogP contribution in [0.15, 0.2) is 18.2 Å². The fourth-order valence-electron chi connectivity index (χ4n) is 3.09. The lowest BCUT2D eigenvalue weighted by atomic mass is 9.72. The smallest absolute Gasteiger partial charge is 0.148 e. The molecule has 126 valence electrons. The Morgan fingerprint density at radius 2 is 1.59 bits per heavy atom. The lowest BCUT2D eigenvalue weighted by Gasteiger charge is -2.62. The third-order valence-electron chi connectivity index (χ3n) is 4.17. The summed E-state index contributed by atoms with van der Waals surface area (Å²) in [5.74, 6) is -0.204. The fraction of sp³-hybridized carbons (Fsp3) is 0.667. The fourth-order valence-corrected chi connectivity index (χ4v) is 3.09. The van der Waals surface area contributed by atoms with Gasteiger partial charge >= 0.3 is 0 Å². The number of nitrogens with zero attached hydrogens (tertiary/aromatic N) is 2. The summed E-state index contributed by atoms with van der Waals surface area (Å²) in [6.45, 7) is 16.7. The van der Waals surface area contributed by atoms with Crippen molar-refractivity contribution in [2.24, 2.45) is 5.41 Å². The number of nitrogens with two attached hydrogens (primary N) is 1. The molecular formula is C18H32FN3. The quantitative estimate of drug-likeness (QED) is 0.838. The van der Waals surface area contributed by atoms with Gasteiger partial charge < -0.3 is 10.6 Å². The van der Waals surface area contributed by atoms with Gasteiger partial charge in [-0.15, -0.1) is 0 Å². The molecule has 4 heteroatoms. The summed E-state index contributed by atoms with van der Waals surface area (Å²) in [5.41, 5.74) is 7.16. The van der Waals surface area contributed by atoms with E-state index in [1.807, 2.05) is 27.7 Å². The lowest BCUT2D eigenvalue weighted by molar-refractivity contribution is -0.0413.